The molecule has 0 amide bonds. The minimum atomic E-state index is 0.793. The molecule has 0 atom stereocenters. The van der Waals surface area contributed by atoms with Crippen molar-refractivity contribution in [2.45, 2.75) is 0 Å². The number of rotatable bonds is 6. The average Bonchev–Trinajstić information content (AvgIpc) is 4.13. The van der Waals surface area contributed by atoms with Gasteiger partial charge in [0, 0.05) is 101 Å². The predicted octanol–water partition coefficient (Wildman–Crippen LogP) is 18.0. The number of hydrogen-bond acceptors (Lipinski definition) is 7. The molecule has 0 aliphatic rings. The lowest BCUT2D eigenvalue weighted by atomic mass is 9.95. The number of fused-ring (bicyclic) bond motifs is 14. The Bertz CT molecular complexity index is 5450. The largest absolute Gasteiger partial charge is 0.456 e. The molecule has 0 aliphatic heterocycles. The second-order valence-electron chi connectivity index (χ2n) is 20.7. The van der Waals surface area contributed by atoms with Gasteiger partial charge in [-0.05, 0) is 130 Å². The summed E-state index contributed by atoms with van der Waals surface area (Å²) in [7, 11) is 0. The fourth-order valence-corrected chi connectivity index (χ4v) is 12.0. The van der Waals surface area contributed by atoms with Crippen LogP contribution >= 0.6 is 0 Å². The van der Waals surface area contributed by atoms with E-state index in [1.165, 1.54) is 0 Å². The van der Waals surface area contributed by atoms with E-state index in [0.29, 0.717) is 0 Å². The molecule has 8 heterocycles. The molecule has 0 saturated carbocycles. The lowest BCUT2D eigenvalue weighted by Gasteiger charge is -2.09. The van der Waals surface area contributed by atoms with Crippen molar-refractivity contribution in [2.24, 2.45) is 0 Å². The SMILES string of the molecule is c1ccc(-c2ccc3ccc4ccc(-c5ccc6oc7c(-[n+]8ccc9cc(-c%10cccc%11oc%12ccc(-c%13ccc%14ccc%15cccnc%15c%14n%13)cc%12c%10%11)ccc9c8)ccc(-c8ccc9cnccc9c8)c7c6c5)nc4c3n2)cc1. The molecule has 0 bridgehead atoms. The Kier molecular flexibility index (Phi) is 9.54. The molecule has 370 valence electrons. The molecule has 0 spiro atoms. The molecular weight excluding hydrogens is 981 g/mol. The third-order valence-electron chi connectivity index (χ3n) is 16.0. The van der Waals surface area contributed by atoms with Crippen molar-refractivity contribution in [3.63, 3.8) is 0 Å². The molecule has 0 fully saturated rings. The Morgan fingerprint density at radius 2 is 0.925 bits per heavy atom. The van der Waals surface area contributed by atoms with Crippen molar-refractivity contribution in [3.05, 3.63) is 249 Å². The van der Waals surface area contributed by atoms with Crippen LogP contribution in [0.1, 0.15) is 0 Å². The van der Waals surface area contributed by atoms with Gasteiger partial charge in [-0.2, -0.15) is 4.57 Å². The number of hydrogen-bond donors (Lipinski definition) is 0. The average molecular weight is 1020 g/mol. The first kappa shape index (κ1) is 44.2. The van der Waals surface area contributed by atoms with Crippen molar-refractivity contribution in [1.82, 2.24) is 24.9 Å². The first-order valence-corrected chi connectivity index (χ1v) is 26.7. The summed E-state index contributed by atoms with van der Waals surface area (Å²) in [5.74, 6) is 0. The number of nitrogens with zero attached hydrogens (tertiary/aromatic N) is 6. The van der Waals surface area contributed by atoms with E-state index >= 15 is 0 Å². The lowest BCUT2D eigenvalue weighted by Crippen LogP contribution is -2.29. The van der Waals surface area contributed by atoms with Gasteiger partial charge in [-0.25, -0.2) is 15.0 Å². The maximum Gasteiger partial charge on any atom is 0.254 e. The maximum atomic E-state index is 7.01. The van der Waals surface area contributed by atoms with Crippen LogP contribution in [0.15, 0.2) is 258 Å². The van der Waals surface area contributed by atoms with Crippen LogP contribution in [-0.2, 0) is 0 Å². The van der Waals surface area contributed by atoms with E-state index in [1.807, 2.05) is 42.9 Å². The summed E-state index contributed by atoms with van der Waals surface area (Å²) in [6.07, 6.45) is 9.93. The second-order valence-corrected chi connectivity index (χ2v) is 20.7. The van der Waals surface area contributed by atoms with E-state index < -0.39 is 0 Å². The first-order chi connectivity index (χ1) is 39.6. The van der Waals surface area contributed by atoms with E-state index in [2.05, 4.69) is 216 Å². The number of furan rings is 2. The van der Waals surface area contributed by atoms with E-state index in [1.54, 1.807) is 0 Å². The fourth-order valence-electron chi connectivity index (χ4n) is 12.0. The van der Waals surface area contributed by atoms with Crippen LogP contribution in [0.2, 0.25) is 0 Å². The topological polar surface area (TPSA) is 94.6 Å². The third kappa shape index (κ3) is 7.02. The van der Waals surface area contributed by atoms with Gasteiger partial charge in [0.1, 0.15) is 16.7 Å². The summed E-state index contributed by atoms with van der Waals surface area (Å²) in [4.78, 5) is 24.8. The molecule has 0 saturated heterocycles. The van der Waals surface area contributed by atoms with Gasteiger partial charge in [-0.15, -0.1) is 0 Å². The van der Waals surface area contributed by atoms with E-state index in [9.17, 15) is 0 Å². The van der Waals surface area contributed by atoms with Gasteiger partial charge in [0.15, 0.2) is 12.4 Å². The molecule has 17 rings (SSSR count). The third-order valence-corrected chi connectivity index (χ3v) is 16.0. The summed E-state index contributed by atoms with van der Waals surface area (Å²) in [6, 6.07) is 76.6. The minimum Gasteiger partial charge on any atom is -0.456 e. The van der Waals surface area contributed by atoms with Gasteiger partial charge in [-0.1, -0.05) is 109 Å². The molecule has 8 nitrogen and oxygen atoms in total. The van der Waals surface area contributed by atoms with Crippen molar-refractivity contribution in [3.8, 4) is 61.7 Å². The zero-order valence-electron chi connectivity index (χ0n) is 42.7. The van der Waals surface area contributed by atoms with Gasteiger partial charge >= 0.3 is 0 Å². The van der Waals surface area contributed by atoms with Crippen LogP contribution in [0.3, 0.4) is 0 Å². The molecule has 0 aliphatic carbocycles. The molecule has 0 radical (unpaired) electrons. The summed E-state index contributed by atoms with van der Waals surface area (Å²) >= 11 is 0. The van der Waals surface area contributed by atoms with Crippen LogP contribution in [0.5, 0.6) is 0 Å². The van der Waals surface area contributed by atoms with Crippen LogP contribution in [0.25, 0.3) is 171 Å². The molecule has 17 aromatic rings. The molecule has 80 heavy (non-hydrogen) atoms. The molecule has 8 aromatic heterocycles. The molecular formula is C72H41N6O2+. The molecule has 0 unspecified atom stereocenters. The highest BCUT2D eigenvalue weighted by molar-refractivity contribution is 6.17. The maximum absolute atomic E-state index is 7.01. The predicted molar refractivity (Wildman–Crippen MR) is 324 cm³/mol. The summed E-state index contributed by atoms with van der Waals surface area (Å²) in [5.41, 5.74) is 17.8. The zero-order valence-corrected chi connectivity index (χ0v) is 42.7. The van der Waals surface area contributed by atoms with Crippen LogP contribution in [0.4, 0.5) is 0 Å². The van der Waals surface area contributed by atoms with E-state index in [-0.39, 0.29) is 0 Å². The Hall–Kier alpha value is -11.0. The summed E-state index contributed by atoms with van der Waals surface area (Å²) < 4.78 is 15.7. The summed E-state index contributed by atoms with van der Waals surface area (Å²) in [6.45, 7) is 0. The Morgan fingerprint density at radius 1 is 0.338 bits per heavy atom. The quantitative estimate of drug-likeness (QED) is 0.121. The Labute approximate surface area is 456 Å². The van der Waals surface area contributed by atoms with Gasteiger partial charge in [0.05, 0.1) is 39.1 Å². The molecule has 0 N–H and O–H groups in total. The van der Waals surface area contributed by atoms with Gasteiger partial charge in [0.25, 0.3) is 5.69 Å². The summed E-state index contributed by atoms with van der Waals surface area (Å²) in [5, 5.41) is 12.8. The number of pyridine rings is 6. The van der Waals surface area contributed by atoms with Crippen LogP contribution in [-0.4, -0.2) is 24.9 Å². The van der Waals surface area contributed by atoms with Crippen LogP contribution < -0.4 is 4.57 Å². The number of benzene rings is 9. The van der Waals surface area contributed by atoms with Crippen molar-refractivity contribution in [2.75, 3.05) is 0 Å². The van der Waals surface area contributed by atoms with Crippen LogP contribution in [0, 0.1) is 0 Å². The smallest absolute Gasteiger partial charge is 0.254 e. The van der Waals surface area contributed by atoms with Crippen molar-refractivity contribution >= 4 is 109 Å². The highest BCUT2D eigenvalue weighted by atomic mass is 16.3. The zero-order chi connectivity index (χ0) is 52.4. The normalized spacial score (nSPS) is 12.0. The highest BCUT2D eigenvalue weighted by Crippen LogP contribution is 2.43. The monoisotopic (exact) mass is 1020 g/mol. The second kappa shape index (κ2) is 17.3. The molecule has 8 heteroatoms. The number of aromatic nitrogens is 6. The first-order valence-electron chi connectivity index (χ1n) is 26.7. The Morgan fingerprint density at radius 3 is 1.65 bits per heavy atom. The highest BCUT2D eigenvalue weighted by Gasteiger charge is 2.24. The van der Waals surface area contributed by atoms with Crippen molar-refractivity contribution < 1.29 is 13.4 Å². The van der Waals surface area contributed by atoms with Gasteiger partial charge in [-0.3, -0.25) is 9.97 Å². The molecule has 9 aromatic carbocycles. The van der Waals surface area contributed by atoms with Gasteiger partial charge < -0.3 is 8.83 Å². The van der Waals surface area contributed by atoms with Crippen molar-refractivity contribution in [1.29, 1.82) is 0 Å². The standard InChI is InChI=1S/C72H41N6O2/c1-2-6-42(7-3-1)59-25-19-45-13-14-46-21-27-61(77-71(46)70(45)75-59)52-23-30-64-58(39-52)67-56(50-15-17-53-40-73-34-31-47(53)36-50)24-28-62(72(67)80-64)78-35-32-48-37-49(16-18-54(48)41-78)55-9-4-10-65-66(55)57-38-51(22-29-63(57)79-65)60-26-20-44-12-11-43-8-5-33-74-68(43)69(44)76-60/h1-41H/q+1. The van der Waals surface area contributed by atoms with E-state index in [4.69, 9.17) is 28.8 Å². The lowest BCUT2D eigenvalue weighted by molar-refractivity contribution is -0.593. The van der Waals surface area contributed by atoms with E-state index in [0.717, 1.165) is 171 Å². The minimum absolute atomic E-state index is 0.793. The van der Waals surface area contributed by atoms with Gasteiger partial charge in [0.2, 0.25) is 5.58 Å². The fraction of sp³-hybridized carbons (Fsp3) is 0. The Balaban J connectivity index is 0.777.